The molecule has 0 unspecified atom stereocenters. The van der Waals surface area contributed by atoms with Gasteiger partial charge in [-0.25, -0.2) is 4.79 Å². The maximum atomic E-state index is 12.8. The number of methoxy groups -OCH3 is 2. The molecular weight excluding hydrogens is 350 g/mol. The van der Waals surface area contributed by atoms with Gasteiger partial charge in [0.1, 0.15) is 17.0 Å². The number of nitrogens with zero attached hydrogens (tertiary/aromatic N) is 1. The summed E-state index contributed by atoms with van der Waals surface area (Å²) in [6.45, 7) is 1.59. The lowest BCUT2D eigenvalue weighted by molar-refractivity contribution is -0.132. The molecular formula is C19H19N3O5. The molecule has 1 heterocycles. The minimum absolute atomic E-state index is 0.181. The number of carbonyl (C=O) groups is 3. The fourth-order valence-corrected chi connectivity index (χ4v) is 2.81. The van der Waals surface area contributed by atoms with Gasteiger partial charge in [-0.3, -0.25) is 15.0 Å². The van der Waals surface area contributed by atoms with Crippen LogP contribution in [0.5, 0.6) is 11.5 Å². The van der Waals surface area contributed by atoms with Crippen LogP contribution in [0.2, 0.25) is 0 Å². The number of nitrogens with one attached hydrogen (secondary N) is 2. The van der Waals surface area contributed by atoms with Gasteiger partial charge in [0.05, 0.1) is 14.2 Å². The van der Waals surface area contributed by atoms with Gasteiger partial charge in [0.2, 0.25) is 0 Å². The summed E-state index contributed by atoms with van der Waals surface area (Å²) in [4.78, 5) is 37.7. The molecule has 0 radical (unpaired) electrons. The van der Waals surface area contributed by atoms with E-state index in [4.69, 9.17) is 9.47 Å². The van der Waals surface area contributed by atoms with Gasteiger partial charge in [-0.05, 0) is 24.6 Å². The summed E-state index contributed by atoms with van der Waals surface area (Å²) in [5.74, 6) is -0.411. The van der Waals surface area contributed by atoms with E-state index in [0.29, 0.717) is 22.1 Å². The number of hydrogen-bond donors (Lipinski definition) is 2. The van der Waals surface area contributed by atoms with Gasteiger partial charge in [0, 0.05) is 11.6 Å². The molecule has 2 aromatic rings. The number of hydrazine groups is 1. The summed E-state index contributed by atoms with van der Waals surface area (Å²) in [6, 6.07) is 12.7. The number of urea groups is 1. The first-order valence-corrected chi connectivity index (χ1v) is 8.15. The third-order valence-corrected chi connectivity index (χ3v) is 4.37. The Kier molecular flexibility index (Phi) is 4.72. The third-order valence-electron chi connectivity index (χ3n) is 4.37. The third kappa shape index (κ3) is 3.29. The van der Waals surface area contributed by atoms with Gasteiger partial charge in [-0.1, -0.05) is 30.3 Å². The predicted molar refractivity (Wildman–Crippen MR) is 96.2 cm³/mol. The highest BCUT2D eigenvalue weighted by Crippen LogP contribution is 2.28. The molecule has 8 nitrogen and oxygen atoms in total. The van der Waals surface area contributed by atoms with Crippen molar-refractivity contribution >= 4 is 17.8 Å². The lowest BCUT2D eigenvalue weighted by atomic mass is 9.92. The highest BCUT2D eigenvalue weighted by atomic mass is 16.5. The van der Waals surface area contributed by atoms with Gasteiger partial charge in [-0.2, -0.15) is 5.01 Å². The Balaban J connectivity index is 1.85. The van der Waals surface area contributed by atoms with Crippen LogP contribution < -0.4 is 20.2 Å². The van der Waals surface area contributed by atoms with E-state index in [9.17, 15) is 14.4 Å². The van der Waals surface area contributed by atoms with Gasteiger partial charge < -0.3 is 14.8 Å². The quantitative estimate of drug-likeness (QED) is 0.784. The van der Waals surface area contributed by atoms with Crippen LogP contribution in [0, 0.1) is 0 Å². The Hall–Kier alpha value is -3.55. The van der Waals surface area contributed by atoms with Crippen molar-refractivity contribution in [2.45, 2.75) is 12.5 Å². The molecule has 0 aliphatic carbocycles. The van der Waals surface area contributed by atoms with E-state index >= 15 is 0 Å². The Labute approximate surface area is 156 Å². The largest absolute Gasteiger partial charge is 0.497 e. The molecule has 3 rings (SSSR count). The van der Waals surface area contributed by atoms with Crippen molar-refractivity contribution in [3.63, 3.8) is 0 Å². The van der Waals surface area contributed by atoms with Crippen LogP contribution in [0.15, 0.2) is 48.5 Å². The zero-order valence-electron chi connectivity index (χ0n) is 15.1. The van der Waals surface area contributed by atoms with E-state index in [1.165, 1.54) is 26.4 Å². The predicted octanol–water partition coefficient (Wildman–Crippen LogP) is 1.82. The summed E-state index contributed by atoms with van der Waals surface area (Å²) >= 11 is 0. The zero-order valence-corrected chi connectivity index (χ0v) is 15.1. The van der Waals surface area contributed by atoms with E-state index in [1.54, 1.807) is 37.3 Å². The first-order chi connectivity index (χ1) is 12.9. The zero-order chi connectivity index (χ0) is 19.6. The van der Waals surface area contributed by atoms with Gasteiger partial charge in [0.25, 0.3) is 11.8 Å². The fourth-order valence-electron chi connectivity index (χ4n) is 2.81. The van der Waals surface area contributed by atoms with Crippen LogP contribution in [0.4, 0.5) is 4.79 Å². The monoisotopic (exact) mass is 369 g/mol. The standard InChI is InChI=1S/C19H19N3O5/c1-19(13-7-5-4-6-8-13)17(24)22(18(25)20-19)21-16(23)12-9-14(26-2)11-15(10-12)27-3/h4-11H,1-3H3,(H,20,25)(H,21,23)/t19-/m0/s1. The minimum atomic E-state index is -1.27. The SMILES string of the molecule is COc1cc(OC)cc(C(=O)NN2C(=O)N[C@@](C)(c3ccccc3)C2=O)c1. The van der Waals surface area contributed by atoms with Crippen LogP contribution >= 0.6 is 0 Å². The van der Waals surface area contributed by atoms with Crippen molar-refractivity contribution in [3.05, 3.63) is 59.7 Å². The summed E-state index contributed by atoms with van der Waals surface area (Å²) < 4.78 is 10.3. The molecule has 0 aromatic heterocycles. The molecule has 140 valence electrons. The molecule has 1 aliphatic heterocycles. The molecule has 1 fully saturated rings. The molecule has 27 heavy (non-hydrogen) atoms. The van der Waals surface area contributed by atoms with E-state index in [-0.39, 0.29) is 5.56 Å². The minimum Gasteiger partial charge on any atom is -0.497 e. The lowest BCUT2D eigenvalue weighted by Gasteiger charge is -2.22. The smallest absolute Gasteiger partial charge is 0.344 e. The molecule has 4 amide bonds. The van der Waals surface area contributed by atoms with E-state index in [1.807, 2.05) is 6.07 Å². The van der Waals surface area contributed by atoms with E-state index < -0.39 is 23.4 Å². The Morgan fingerprint density at radius 1 is 1.04 bits per heavy atom. The summed E-state index contributed by atoms with van der Waals surface area (Å²) in [5, 5.41) is 3.30. The molecule has 0 spiro atoms. The average molecular weight is 369 g/mol. The van der Waals surface area contributed by atoms with Crippen molar-refractivity contribution in [3.8, 4) is 11.5 Å². The summed E-state index contributed by atoms with van der Waals surface area (Å²) in [7, 11) is 2.92. The molecule has 8 heteroatoms. The first kappa shape index (κ1) is 18.2. The summed E-state index contributed by atoms with van der Waals surface area (Å²) in [5.41, 5.74) is 1.87. The highest BCUT2D eigenvalue weighted by molar-refractivity contribution is 6.09. The number of ether oxygens (including phenoxy) is 2. The van der Waals surface area contributed by atoms with Crippen molar-refractivity contribution in [1.82, 2.24) is 15.8 Å². The van der Waals surface area contributed by atoms with Crippen LogP contribution in [-0.2, 0) is 10.3 Å². The topological polar surface area (TPSA) is 97.0 Å². The van der Waals surface area contributed by atoms with Crippen molar-refractivity contribution in [2.75, 3.05) is 14.2 Å². The number of rotatable bonds is 5. The Morgan fingerprint density at radius 3 is 2.19 bits per heavy atom. The molecule has 2 aromatic carbocycles. The number of amides is 4. The van der Waals surface area contributed by atoms with Gasteiger partial charge >= 0.3 is 6.03 Å². The molecule has 0 bridgehead atoms. The number of benzene rings is 2. The second kappa shape index (κ2) is 6.99. The number of imide groups is 1. The Morgan fingerprint density at radius 2 is 1.63 bits per heavy atom. The maximum absolute atomic E-state index is 12.8. The molecule has 1 saturated heterocycles. The van der Waals surface area contributed by atoms with Crippen LogP contribution in [0.3, 0.4) is 0 Å². The summed E-state index contributed by atoms with van der Waals surface area (Å²) in [6.07, 6.45) is 0. The highest BCUT2D eigenvalue weighted by Gasteiger charge is 2.50. The second-order valence-electron chi connectivity index (χ2n) is 6.10. The van der Waals surface area contributed by atoms with Gasteiger partial charge in [-0.15, -0.1) is 0 Å². The van der Waals surface area contributed by atoms with Crippen molar-refractivity contribution in [1.29, 1.82) is 0 Å². The first-order valence-electron chi connectivity index (χ1n) is 8.15. The normalized spacial score (nSPS) is 18.9. The molecule has 1 aliphatic rings. The number of hydrogen-bond acceptors (Lipinski definition) is 5. The van der Waals surface area contributed by atoms with E-state index in [2.05, 4.69) is 10.7 Å². The molecule has 1 atom stereocenters. The van der Waals surface area contributed by atoms with Crippen molar-refractivity contribution in [2.24, 2.45) is 0 Å². The number of carbonyl (C=O) groups excluding carboxylic acids is 3. The Bertz CT molecular complexity index is 877. The molecule has 0 saturated carbocycles. The fraction of sp³-hybridized carbons (Fsp3) is 0.211. The lowest BCUT2D eigenvalue weighted by Crippen LogP contribution is -2.47. The van der Waals surface area contributed by atoms with Gasteiger partial charge in [0.15, 0.2) is 0 Å². The second-order valence-corrected chi connectivity index (χ2v) is 6.10. The molecule has 2 N–H and O–H groups in total. The van der Waals surface area contributed by atoms with E-state index in [0.717, 1.165) is 0 Å². The average Bonchev–Trinajstić information content (AvgIpc) is 2.92. The van der Waals surface area contributed by atoms with Crippen molar-refractivity contribution < 1.29 is 23.9 Å². The maximum Gasteiger partial charge on any atom is 0.344 e. The van der Waals surface area contributed by atoms with Crippen LogP contribution in [-0.4, -0.2) is 37.1 Å². The van der Waals surface area contributed by atoms with Crippen LogP contribution in [0.25, 0.3) is 0 Å². The van der Waals surface area contributed by atoms with Crippen LogP contribution in [0.1, 0.15) is 22.8 Å².